The number of benzene rings is 1. The highest BCUT2D eigenvalue weighted by Gasteiger charge is 2.13. The zero-order valence-corrected chi connectivity index (χ0v) is 13.3. The first kappa shape index (κ1) is 17.2. The first-order valence-corrected chi connectivity index (χ1v) is 6.61. The fourth-order valence-corrected chi connectivity index (χ4v) is 2.34. The second kappa shape index (κ2) is 7.27. The molecule has 2 rings (SSSR count). The summed E-state index contributed by atoms with van der Waals surface area (Å²) in [5, 5.41) is 10.6. The van der Waals surface area contributed by atoms with Gasteiger partial charge in [-0.25, -0.2) is 4.39 Å². The molecule has 0 fully saturated rings. The number of aromatic amines is 1. The lowest BCUT2D eigenvalue weighted by molar-refractivity contribution is 0.564. The van der Waals surface area contributed by atoms with Crippen LogP contribution in [0, 0.1) is 12.7 Å². The monoisotopic (exact) mass is 337 g/mol. The molecule has 1 atom stereocenters. The van der Waals surface area contributed by atoms with Crippen molar-refractivity contribution in [3.05, 3.63) is 51.0 Å². The van der Waals surface area contributed by atoms with Gasteiger partial charge in [-0.15, -0.1) is 12.4 Å². The van der Waals surface area contributed by atoms with Gasteiger partial charge in [0.25, 0.3) is 0 Å². The highest BCUT2D eigenvalue weighted by atomic mass is 35.5. The van der Waals surface area contributed by atoms with Crippen LogP contribution in [0.2, 0.25) is 10.0 Å². The first-order chi connectivity index (χ1) is 8.99. The van der Waals surface area contributed by atoms with E-state index in [0.717, 1.165) is 11.3 Å². The molecule has 3 nitrogen and oxygen atoms in total. The summed E-state index contributed by atoms with van der Waals surface area (Å²) in [5.41, 5.74) is 2.76. The summed E-state index contributed by atoms with van der Waals surface area (Å²) in [4.78, 5) is 0. The summed E-state index contributed by atoms with van der Waals surface area (Å²) in [6.45, 7) is 4.50. The second-order valence-electron chi connectivity index (χ2n) is 4.41. The summed E-state index contributed by atoms with van der Waals surface area (Å²) < 4.78 is 13.5. The normalized spacial score (nSPS) is 12.1. The van der Waals surface area contributed by atoms with Crippen LogP contribution in [0.15, 0.2) is 18.3 Å². The molecular formula is C13H15Cl3FN3. The minimum Gasteiger partial charge on any atom is -0.306 e. The van der Waals surface area contributed by atoms with Crippen LogP contribution in [0.1, 0.15) is 29.8 Å². The van der Waals surface area contributed by atoms with Crippen LogP contribution in [0.4, 0.5) is 4.39 Å². The Morgan fingerprint density at radius 3 is 2.65 bits per heavy atom. The number of aryl methyl sites for hydroxylation is 1. The second-order valence-corrected chi connectivity index (χ2v) is 5.23. The maximum absolute atomic E-state index is 13.5. The molecule has 2 N–H and O–H groups in total. The molecule has 1 unspecified atom stereocenters. The fraction of sp³-hybridized carbons (Fsp3) is 0.308. The van der Waals surface area contributed by atoms with Crippen molar-refractivity contribution in [3.63, 3.8) is 0 Å². The lowest BCUT2D eigenvalue weighted by atomic mass is 10.1. The predicted octanol–water partition coefficient (Wildman–Crippen LogP) is 4.44. The molecule has 110 valence electrons. The quantitative estimate of drug-likeness (QED) is 0.809. The number of aromatic nitrogens is 2. The van der Waals surface area contributed by atoms with Crippen molar-refractivity contribution in [1.82, 2.24) is 15.5 Å². The Morgan fingerprint density at radius 2 is 2.05 bits per heavy atom. The lowest BCUT2D eigenvalue weighted by Gasteiger charge is -2.16. The topological polar surface area (TPSA) is 40.7 Å². The molecule has 7 heteroatoms. The number of nitrogens with zero attached hydrogens (tertiary/aromatic N) is 1. The van der Waals surface area contributed by atoms with Crippen LogP contribution in [-0.4, -0.2) is 10.2 Å². The van der Waals surface area contributed by atoms with Gasteiger partial charge in [-0.1, -0.05) is 23.2 Å². The SMILES string of the molecule is Cc1[nH]ncc1CNC(C)c1cc(F)c(Cl)cc1Cl.Cl. The maximum Gasteiger partial charge on any atom is 0.142 e. The van der Waals surface area contributed by atoms with E-state index in [4.69, 9.17) is 23.2 Å². The standard InChI is InChI=1S/C13H14Cl2FN3.ClH/c1-7-9(6-18-19-7)5-17-8(2)10-3-13(16)12(15)4-11(10)14;/h3-4,6,8,17H,5H2,1-2H3,(H,18,19);1H. The molecule has 0 spiro atoms. The Morgan fingerprint density at radius 1 is 1.35 bits per heavy atom. The maximum atomic E-state index is 13.5. The summed E-state index contributed by atoms with van der Waals surface area (Å²) >= 11 is 11.8. The van der Waals surface area contributed by atoms with Gasteiger partial charge in [-0.05, 0) is 31.5 Å². The Labute approximate surface area is 133 Å². The Bertz CT molecular complexity index is 586. The lowest BCUT2D eigenvalue weighted by Crippen LogP contribution is -2.18. The smallest absolute Gasteiger partial charge is 0.142 e. The molecule has 20 heavy (non-hydrogen) atoms. The van der Waals surface area contributed by atoms with E-state index in [1.165, 1.54) is 12.1 Å². The van der Waals surface area contributed by atoms with Crippen molar-refractivity contribution in [3.8, 4) is 0 Å². The molecule has 0 aliphatic carbocycles. The van der Waals surface area contributed by atoms with Crippen LogP contribution in [-0.2, 0) is 6.54 Å². The van der Waals surface area contributed by atoms with Gasteiger partial charge in [0.15, 0.2) is 0 Å². The fourth-order valence-electron chi connectivity index (χ4n) is 1.80. The van der Waals surface area contributed by atoms with Crippen molar-refractivity contribution in [2.45, 2.75) is 26.4 Å². The number of halogens is 4. The van der Waals surface area contributed by atoms with Crippen LogP contribution in [0.5, 0.6) is 0 Å². The van der Waals surface area contributed by atoms with E-state index in [-0.39, 0.29) is 23.5 Å². The van der Waals surface area contributed by atoms with E-state index >= 15 is 0 Å². The van der Waals surface area contributed by atoms with Gasteiger partial charge in [0, 0.05) is 28.9 Å². The minimum atomic E-state index is -0.464. The van der Waals surface area contributed by atoms with E-state index in [0.29, 0.717) is 17.1 Å². The van der Waals surface area contributed by atoms with Crippen molar-refractivity contribution in [2.75, 3.05) is 0 Å². The van der Waals surface area contributed by atoms with Gasteiger partial charge < -0.3 is 5.32 Å². The number of rotatable bonds is 4. The van der Waals surface area contributed by atoms with Crippen molar-refractivity contribution in [2.24, 2.45) is 0 Å². The van der Waals surface area contributed by atoms with E-state index in [1.54, 1.807) is 6.20 Å². The van der Waals surface area contributed by atoms with E-state index in [2.05, 4.69) is 15.5 Å². The molecule has 1 heterocycles. The van der Waals surface area contributed by atoms with Crippen LogP contribution < -0.4 is 5.32 Å². The zero-order chi connectivity index (χ0) is 14.0. The van der Waals surface area contributed by atoms with Gasteiger partial charge in [-0.2, -0.15) is 5.10 Å². The van der Waals surface area contributed by atoms with Gasteiger partial charge in [0.2, 0.25) is 0 Å². The van der Waals surface area contributed by atoms with Crippen molar-refractivity contribution < 1.29 is 4.39 Å². The Balaban J connectivity index is 0.00000200. The van der Waals surface area contributed by atoms with E-state index in [9.17, 15) is 4.39 Å². The average Bonchev–Trinajstić information content (AvgIpc) is 2.76. The molecule has 0 radical (unpaired) electrons. The molecule has 0 aliphatic rings. The average molecular weight is 339 g/mol. The summed E-state index contributed by atoms with van der Waals surface area (Å²) in [6.07, 6.45) is 1.76. The molecule has 1 aromatic heterocycles. The summed E-state index contributed by atoms with van der Waals surface area (Å²) in [5.74, 6) is -0.464. The van der Waals surface area contributed by atoms with Gasteiger partial charge >= 0.3 is 0 Å². The van der Waals surface area contributed by atoms with Crippen LogP contribution in [0.25, 0.3) is 0 Å². The zero-order valence-electron chi connectivity index (χ0n) is 11.0. The molecule has 0 saturated carbocycles. The highest BCUT2D eigenvalue weighted by molar-refractivity contribution is 6.35. The predicted molar refractivity (Wildman–Crippen MR) is 82.2 cm³/mol. The molecule has 0 amide bonds. The molecule has 0 bridgehead atoms. The first-order valence-electron chi connectivity index (χ1n) is 5.85. The van der Waals surface area contributed by atoms with E-state index in [1.807, 2.05) is 13.8 Å². The van der Waals surface area contributed by atoms with Gasteiger partial charge in [0.1, 0.15) is 5.82 Å². The summed E-state index contributed by atoms with van der Waals surface area (Å²) in [6, 6.07) is 2.70. The highest BCUT2D eigenvalue weighted by Crippen LogP contribution is 2.28. The number of H-pyrrole nitrogens is 1. The minimum absolute atomic E-state index is 0. The molecular weight excluding hydrogens is 324 g/mol. The number of hydrogen-bond donors (Lipinski definition) is 2. The van der Waals surface area contributed by atoms with Gasteiger partial charge in [0.05, 0.1) is 11.2 Å². The molecule has 1 aromatic carbocycles. The number of nitrogens with one attached hydrogen (secondary N) is 2. The molecule has 2 aromatic rings. The Hall–Kier alpha value is -0.810. The third-order valence-electron chi connectivity index (χ3n) is 3.04. The van der Waals surface area contributed by atoms with Crippen LogP contribution in [0.3, 0.4) is 0 Å². The third kappa shape index (κ3) is 3.85. The largest absolute Gasteiger partial charge is 0.306 e. The summed E-state index contributed by atoms with van der Waals surface area (Å²) in [7, 11) is 0. The number of hydrogen-bond acceptors (Lipinski definition) is 2. The van der Waals surface area contributed by atoms with Crippen LogP contribution >= 0.6 is 35.6 Å². The van der Waals surface area contributed by atoms with Crippen molar-refractivity contribution >= 4 is 35.6 Å². The molecule has 0 aliphatic heterocycles. The molecule has 0 saturated heterocycles. The van der Waals surface area contributed by atoms with Gasteiger partial charge in [-0.3, -0.25) is 5.10 Å². The van der Waals surface area contributed by atoms with E-state index < -0.39 is 5.82 Å². The third-order valence-corrected chi connectivity index (χ3v) is 3.66. The van der Waals surface area contributed by atoms with Crippen molar-refractivity contribution in [1.29, 1.82) is 0 Å². The Kier molecular flexibility index (Phi) is 6.27.